The molecule has 1 aliphatic rings. The molecule has 3 N–H and O–H groups in total. The Hall–Kier alpha value is -3.94. The van der Waals surface area contributed by atoms with E-state index in [0.717, 1.165) is 37.2 Å². The van der Waals surface area contributed by atoms with Gasteiger partial charge in [-0.3, -0.25) is 9.78 Å². The molecule has 0 aliphatic carbocycles. The van der Waals surface area contributed by atoms with Crippen LogP contribution in [0.4, 0.5) is 26.2 Å². The molecule has 1 aliphatic heterocycles. The number of para-hydroxylation sites is 1. The van der Waals surface area contributed by atoms with Gasteiger partial charge in [-0.2, -0.15) is 0 Å². The molecule has 8 heteroatoms. The van der Waals surface area contributed by atoms with E-state index < -0.39 is 11.8 Å². The van der Waals surface area contributed by atoms with Crippen LogP contribution in [0.2, 0.25) is 0 Å². The maximum absolute atomic E-state index is 13.8. The van der Waals surface area contributed by atoms with Gasteiger partial charge in [0.25, 0.3) is 5.91 Å². The summed E-state index contributed by atoms with van der Waals surface area (Å²) >= 11 is 0. The Morgan fingerprint density at radius 2 is 1.81 bits per heavy atom. The third-order valence-corrected chi connectivity index (χ3v) is 5.24. The minimum absolute atomic E-state index is 0.0770. The fourth-order valence-corrected chi connectivity index (χ4v) is 3.66. The van der Waals surface area contributed by atoms with E-state index in [0.29, 0.717) is 17.8 Å². The molecule has 0 radical (unpaired) electrons. The van der Waals surface area contributed by atoms with Crippen LogP contribution in [0.25, 0.3) is 0 Å². The number of hydrogen-bond acceptors (Lipinski definition) is 4. The molecule has 164 valence electrons. The van der Waals surface area contributed by atoms with E-state index in [9.17, 15) is 14.0 Å². The molecule has 0 saturated carbocycles. The average molecular weight is 433 g/mol. The maximum Gasteiger partial charge on any atom is 0.323 e. The third kappa shape index (κ3) is 5.21. The summed E-state index contributed by atoms with van der Waals surface area (Å²) < 4.78 is 13.8. The Morgan fingerprint density at radius 3 is 2.56 bits per heavy atom. The number of urea groups is 1. The maximum atomic E-state index is 13.8. The van der Waals surface area contributed by atoms with E-state index in [-0.39, 0.29) is 11.6 Å². The molecule has 3 aromatic rings. The van der Waals surface area contributed by atoms with Gasteiger partial charge in [-0.15, -0.1) is 0 Å². The molecule has 1 aromatic heterocycles. The SMILES string of the molecule is O=C(Nc1ccc(N2CCCC2)c(C(=O)NCc2cccnc2)c1)Nc1ccccc1F. The zero-order valence-electron chi connectivity index (χ0n) is 17.5. The first kappa shape index (κ1) is 21.3. The number of benzene rings is 2. The summed E-state index contributed by atoms with van der Waals surface area (Å²) in [4.78, 5) is 31.6. The van der Waals surface area contributed by atoms with Crippen molar-refractivity contribution in [2.75, 3.05) is 28.6 Å². The number of carbonyl (C=O) groups is 2. The van der Waals surface area contributed by atoms with Crippen LogP contribution in [-0.4, -0.2) is 30.0 Å². The van der Waals surface area contributed by atoms with Crippen LogP contribution in [0.15, 0.2) is 67.0 Å². The molecule has 0 unspecified atom stereocenters. The fourth-order valence-electron chi connectivity index (χ4n) is 3.66. The molecule has 7 nitrogen and oxygen atoms in total. The van der Waals surface area contributed by atoms with Gasteiger partial charge in [-0.05, 0) is 54.8 Å². The summed E-state index contributed by atoms with van der Waals surface area (Å²) in [5.41, 5.74) is 2.70. The van der Waals surface area contributed by atoms with Crippen molar-refractivity contribution in [2.24, 2.45) is 0 Å². The summed E-state index contributed by atoms with van der Waals surface area (Å²) in [6.07, 6.45) is 5.52. The van der Waals surface area contributed by atoms with Crippen LogP contribution in [-0.2, 0) is 6.54 Å². The smallest absolute Gasteiger partial charge is 0.323 e. The Kier molecular flexibility index (Phi) is 6.60. The highest BCUT2D eigenvalue weighted by Crippen LogP contribution is 2.28. The topological polar surface area (TPSA) is 86.4 Å². The Bertz CT molecular complexity index is 1100. The van der Waals surface area contributed by atoms with E-state index in [2.05, 4.69) is 25.8 Å². The van der Waals surface area contributed by atoms with E-state index in [1.54, 1.807) is 36.7 Å². The summed E-state index contributed by atoms with van der Waals surface area (Å²) in [5, 5.41) is 8.08. The minimum Gasteiger partial charge on any atom is -0.371 e. The molecule has 0 spiro atoms. The van der Waals surface area contributed by atoms with Crippen LogP contribution in [0, 0.1) is 5.82 Å². The van der Waals surface area contributed by atoms with Gasteiger partial charge in [0.2, 0.25) is 0 Å². The van der Waals surface area contributed by atoms with Gasteiger partial charge in [-0.1, -0.05) is 18.2 Å². The predicted octanol–water partition coefficient (Wildman–Crippen LogP) is 4.39. The van der Waals surface area contributed by atoms with Gasteiger partial charge >= 0.3 is 6.03 Å². The van der Waals surface area contributed by atoms with E-state index in [1.165, 1.54) is 12.1 Å². The monoisotopic (exact) mass is 433 g/mol. The predicted molar refractivity (Wildman–Crippen MR) is 122 cm³/mol. The zero-order chi connectivity index (χ0) is 22.3. The number of amides is 3. The molecule has 0 bridgehead atoms. The van der Waals surface area contributed by atoms with Crippen LogP contribution < -0.4 is 20.9 Å². The van der Waals surface area contributed by atoms with E-state index in [4.69, 9.17) is 0 Å². The zero-order valence-corrected chi connectivity index (χ0v) is 17.5. The molecule has 0 atom stereocenters. The van der Waals surface area contributed by atoms with Crippen molar-refractivity contribution in [3.63, 3.8) is 0 Å². The molecule has 4 rings (SSSR count). The van der Waals surface area contributed by atoms with Gasteiger partial charge in [-0.25, -0.2) is 9.18 Å². The molecule has 1 saturated heterocycles. The molecule has 32 heavy (non-hydrogen) atoms. The van der Waals surface area contributed by atoms with Crippen LogP contribution >= 0.6 is 0 Å². The Balaban J connectivity index is 1.51. The van der Waals surface area contributed by atoms with Crippen molar-refractivity contribution in [1.82, 2.24) is 10.3 Å². The number of anilines is 3. The van der Waals surface area contributed by atoms with Gasteiger partial charge in [0, 0.05) is 43.4 Å². The summed E-state index contributed by atoms with van der Waals surface area (Å²) in [5.74, 6) is -0.767. The Morgan fingerprint density at radius 1 is 1.00 bits per heavy atom. The second-order valence-electron chi connectivity index (χ2n) is 7.53. The Labute approximate surface area is 185 Å². The minimum atomic E-state index is -0.592. The first-order valence-corrected chi connectivity index (χ1v) is 10.5. The van der Waals surface area contributed by atoms with Gasteiger partial charge in [0.15, 0.2) is 0 Å². The van der Waals surface area contributed by atoms with Crippen molar-refractivity contribution >= 4 is 29.0 Å². The second-order valence-corrected chi connectivity index (χ2v) is 7.53. The lowest BCUT2D eigenvalue weighted by atomic mass is 10.1. The first-order valence-electron chi connectivity index (χ1n) is 10.5. The number of pyridine rings is 1. The van der Waals surface area contributed by atoms with Crippen molar-refractivity contribution < 1.29 is 14.0 Å². The van der Waals surface area contributed by atoms with Gasteiger partial charge < -0.3 is 20.9 Å². The van der Waals surface area contributed by atoms with Crippen molar-refractivity contribution in [1.29, 1.82) is 0 Å². The number of hydrogen-bond donors (Lipinski definition) is 3. The number of rotatable bonds is 6. The molecular formula is C24H24FN5O2. The van der Waals surface area contributed by atoms with Gasteiger partial charge in [0.05, 0.1) is 11.3 Å². The fraction of sp³-hybridized carbons (Fsp3) is 0.208. The highest BCUT2D eigenvalue weighted by Gasteiger charge is 2.20. The normalized spacial score (nSPS) is 13.0. The molecule has 2 aromatic carbocycles. The molecule has 3 amide bonds. The highest BCUT2D eigenvalue weighted by atomic mass is 19.1. The van der Waals surface area contributed by atoms with Crippen LogP contribution in [0.1, 0.15) is 28.8 Å². The average Bonchev–Trinajstić information content (AvgIpc) is 3.34. The quantitative estimate of drug-likeness (QED) is 0.538. The lowest BCUT2D eigenvalue weighted by molar-refractivity contribution is 0.0951. The molecular weight excluding hydrogens is 409 g/mol. The van der Waals surface area contributed by atoms with Crippen molar-refractivity contribution in [2.45, 2.75) is 19.4 Å². The summed E-state index contributed by atoms with van der Waals surface area (Å²) in [6.45, 7) is 2.10. The summed E-state index contributed by atoms with van der Waals surface area (Å²) in [7, 11) is 0. The first-order chi connectivity index (χ1) is 15.6. The van der Waals surface area contributed by atoms with E-state index >= 15 is 0 Å². The third-order valence-electron chi connectivity index (χ3n) is 5.24. The lowest BCUT2D eigenvalue weighted by Crippen LogP contribution is -2.28. The number of halogens is 1. The lowest BCUT2D eigenvalue weighted by Gasteiger charge is -2.22. The van der Waals surface area contributed by atoms with Crippen molar-refractivity contribution in [3.05, 3.63) is 83.9 Å². The largest absolute Gasteiger partial charge is 0.371 e. The number of nitrogens with zero attached hydrogens (tertiary/aromatic N) is 2. The molecule has 2 heterocycles. The highest BCUT2D eigenvalue weighted by molar-refractivity contribution is 6.04. The van der Waals surface area contributed by atoms with Gasteiger partial charge in [0.1, 0.15) is 5.82 Å². The standard InChI is InChI=1S/C24H24FN5O2/c25-20-7-1-2-8-21(20)29-24(32)28-18-9-10-22(30-12-3-4-13-30)19(14-18)23(31)27-16-17-6-5-11-26-15-17/h1-2,5-11,14-15H,3-4,12-13,16H2,(H,27,31)(H2,28,29,32). The van der Waals surface area contributed by atoms with Crippen LogP contribution in [0.5, 0.6) is 0 Å². The van der Waals surface area contributed by atoms with E-state index in [1.807, 2.05) is 18.2 Å². The second kappa shape index (κ2) is 9.91. The van der Waals surface area contributed by atoms with Crippen LogP contribution in [0.3, 0.4) is 0 Å². The number of aromatic nitrogens is 1. The van der Waals surface area contributed by atoms with Crippen molar-refractivity contribution in [3.8, 4) is 0 Å². The number of nitrogens with one attached hydrogen (secondary N) is 3. The number of carbonyl (C=O) groups excluding carboxylic acids is 2. The summed E-state index contributed by atoms with van der Waals surface area (Å²) in [6, 6.07) is 14.3. The molecule has 1 fully saturated rings.